The molecule has 136 valence electrons. The second-order valence-corrected chi connectivity index (χ2v) is 8.21. The summed E-state index contributed by atoms with van der Waals surface area (Å²) in [5.74, 6) is 0.181. The summed E-state index contributed by atoms with van der Waals surface area (Å²) >= 11 is 0. The van der Waals surface area contributed by atoms with Gasteiger partial charge in [0, 0.05) is 12.4 Å². The van der Waals surface area contributed by atoms with Gasteiger partial charge in [-0.05, 0) is 17.7 Å². The van der Waals surface area contributed by atoms with Crippen molar-refractivity contribution in [3.63, 3.8) is 0 Å². The molecule has 7 heteroatoms. The minimum absolute atomic E-state index is 0.262. The van der Waals surface area contributed by atoms with Crippen molar-refractivity contribution < 1.29 is 17.6 Å². The van der Waals surface area contributed by atoms with Crippen LogP contribution in [0.2, 0.25) is 0 Å². The van der Waals surface area contributed by atoms with Gasteiger partial charge in [0.2, 0.25) is 15.9 Å². The lowest BCUT2D eigenvalue weighted by Gasteiger charge is -2.19. The van der Waals surface area contributed by atoms with Crippen LogP contribution < -0.4 is 5.32 Å². The first kappa shape index (κ1) is 18.2. The van der Waals surface area contributed by atoms with E-state index in [-0.39, 0.29) is 6.54 Å². The molecule has 0 bridgehead atoms. The molecule has 26 heavy (non-hydrogen) atoms. The Morgan fingerprint density at radius 3 is 2.42 bits per heavy atom. The fourth-order valence-corrected chi connectivity index (χ4v) is 2.99. The highest BCUT2D eigenvalue weighted by atomic mass is 32.2. The van der Waals surface area contributed by atoms with Crippen LogP contribution in [0, 0.1) is 0 Å². The second-order valence-electron chi connectivity index (χ2n) is 6.12. The first-order chi connectivity index (χ1) is 12.3. The van der Waals surface area contributed by atoms with Gasteiger partial charge in [-0.15, -0.1) is 0 Å². The number of nitrogens with zero attached hydrogens (tertiary/aromatic N) is 1. The summed E-state index contributed by atoms with van der Waals surface area (Å²) in [5.41, 5.74) is 1.58. The predicted molar refractivity (Wildman–Crippen MR) is 100 cm³/mol. The van der Waals surface area contributed by atoms with Crippen molar-refractivity contribution in [1.82, 2.24) is 9.62 Å². The van der Waals surface area contributed by atoms with E-state index in [2.05, 4.69) is 5.32 Å². The second kappa shape index (κ2) is 7.31. The Labute approximate surface area is 152 Å². The number of nitrogens with one attached hydrogen (secondary N) is 1. The van der Waals surface area contributed by atoms with E-state index >= 15 is 0 Å². The van der Waals surface area contributed by atoms with Crippen LogP contribution in [0.1, 0.15) is 17.4 Å². The van der Waals surface area contributed by atoms with E-state index in [0.29, 0.717) is 5.76 Å². The van der Waals surface area contributed by atoms with Crippen molar-refractivity contribution in [2.24, 2.45) is 0 Å². The number of sulfonamides is 1. The van der Waals surface area contributed by atoms with Crippen LogP contribution >= 0.6 is 0 Å². The zero-order valence-corrected chi connectivity index (χ0v) is 15.4. The summed E-state index contributed by atoms with van der Waals surface area (Å²) in [6.45, 7) is -0.262. The van der Waals surface area contributed by atoms with Gasteiger partial charge in [-0.3, -0.25) is 4.79 Å². The molecule has 1 atom stereocenters. The molecule has 0 spiro atoms. The summed E-state index contributed by atoms with van der Waals surface area (Å²) in [4.78, 5) is 12.4. The number of fused-ring (bicyclic) bond motifs is 1. The Morgan fingerprint density at radius 2 is 1.77 bits per heavy atom. The monoisotopic (exact) mass is 372 g/mol. The number of benzene rings is 2. The Morgan fingerprint density at radius 1 is 1.12 bits per heavy atom. The number of furan rings is 1. The predicted octanol–water partition coefficient (Wildman–Crippen LogP) is 2.53. The van der Waals surface area contributed by atoms with Gasteiger partial charge < -0.3 is 9.73 Å². The molecule has 1 aromatic heterocycles. The molecule has 2 aromatic carbocycles. The molecular formula is C19H20N2O4S. The van der Waals surface area contributed by atoms with Crippen molar-refractivity contribution in [3.05, 3.63) is 72.0 Å². The van der Waals surface area contributed by atoms with Crippen molar-refractivity contribution in [2.75, 3.05) is 19.8 Å². The third-order valence-corrected chi connectivity index (χ3v) is 5.36. The first-order valence-corrected chi connectivity index (χ1v) is 9.93. The van der Waals surface area contributed by atoms with E-state index in [9.17, 15) is 13.2 Å². The molecule has 1 N–H and O–H groups in total. The summed E-state index contributed by atoms with van der Waals surface area (Å²) in [5, 5.41) is 3.81. The Bertz CT molecular complexity index is 979. The van der Waals surface area contributed by atoms with E-state index in [1.54, 1.807) is 0 Å². The fraction of sp³-hybridized carbons (Fsp3) is 0.211. The van der Waals surface area contributed by atoms with Crippen LogP contribution in [0.4, 0.5) is 0 Å². The molecular weight excluding hydrogens is 352 g/mol. The molecule has 0 aliphatic heterocycles. The molecule has 3 aromatic rings. The average molecular weight is 372 g/mol. The Kier molecular flexibility index (Phi) is 5.11. The lowest BCUT2D eigenvalue weighted by Crippen LogP contribution is -2.39. The van der Waals surface area contributed by atoms with E-state index in [1.165, 1.54) is 7.05 Å². The molecule has 0 saturated carbocycles. The van der Waals surface area contributed by atoms with Crippen molar-refractivity contribution in [2.45, 2.75) is 6.04 Å². The maximum atomic E-state index is 12.4. The zero-order valence-electron chi connectivity index (χ0n) is 14.5. The lowest BCUT2D eigenvalue weighted by atomic mass is 10.0. The third-order valence-electron chi connectivity index (χ3n) is 4.10. The summed E-state index contributed by atoms with van der Waals surface area (Å²) in [6, 6.07) is 18.4. The minimum atomic E-state index is -3.43. The van der Waals surface area contributed by atoms with Crippen LogP contribution in [0.15, 0.2) is 65.1 Å². The van der Waals surface area contributed by atoms with Gasteiger partial charge in [-0.25, -0.2) is 8.42 Å². The number of carbonyl (C=O) groups is 1. The highest BCUT2D eigenvalue weighted by Gasteiger charge is 2.23. The van der Waals surface area contributed by atoms with Crippen molar-refractivity contribution >= 4 is 26.9 Å². The molecule has 0 radical (unpaired) electrons. The van der Waals surface area contributed by atoms with Crippen LogP contribution in [-0.4, -0.2) is 38.5 Å². The van der Waals surface area contributed by atoms with Crippen LogP contribution in [0.5, 0.6) is 0 Å². The number of amides is 1. The molecule has 0 fully saturated rings. The fourth-order valence-electron chi connectivity index (χ4n) is 2.64. The van der Waals surface area contributed by atoms with Crippen LogP contribution in [0.25, 0.3) is 11.0 Å². The number of para-hydroxylation sites is 1. The highest BCUT2D eigenvalue weighted by Crippen LogP contribution is 2.28. The number of rotatable bonds is 6. The van der Waals surface area contributed by atoms with Gasteiger partial charge in [-0.2, -0.15) is 4.31 Å². The first-order valence-electron chi connectivity index (χ1n) is 8.08. The molecule has 6 nitrogen and oxygen atoms in total. The quantitative estimate of drug-likeness (QED) is 0.721. The van der Waals surface area contributed by atoms with Gasteiger partial charge in [0.15, 0.2) is 0 Å². The molecule has 1 amide bonds. The van der Waals surface area contributed by atoms with Gasteiger partial charge in [-0.1, -0.05) is 48.5 Å². The Hall–Kier alpha value is -2.64. The van der Waals surface area contributed by atoms with E-state index < -0.39 is 22.0 Å². The number of likely N-dealkylation sites (N-methyl/N-ethyl adjacent to an activating group) is 1. The molecule has 0 aliphatic carbocycles. The van der Waals surface area contributed by atoms with Gasteiger partial charge in [0.25, 0.3) is 0 Å². The van der Waals surface area contributed by atoms with Gasteiger partial charge >= 0.3 is 0 Å². The number of carbonyl (C=O) groups excluding carboxylic acids is 1. The average Bonchev–Trinajstić information content (AvgIpc) is 3.03. The topological polar surface area (TPSA) is 79.6 Å². The molecule has 1 heterocycles. The highest BCUT2D eigenvalue weighted by molar-refractivity contribution is 7.88. The standard InChI is InChI=1S/C19H20N2O4S/c1-21(26(2,23)24)13-18(22)20-19(14-8-4-3-5-9-14)17-12-15-10-6-7-11-16(15)25-17/h3-12,19H,13H2,1-2H3,(H,20,22)/t19-/m1/s1. The smallest absolute Gasteiger partial charge is 0.236 e. The lowest BCUT2D eigenvalue weighted by molar-refractivity contribution is -0.121. The van der Waals surface area contributed by atoms with E-state index in [1.807, 2.05) is 60.7 Å². The van der Waals surface area contributed by atoms with Crippen LogP contribution in [-0.2, 0) is 14.8 Å². The SMILES string of the molecule is CN(CC(=O)N[C@H](c1ccccc1)c1cc2ccccc2o1)S(C)(=O)=O. The maximum Gasteiger partial charge on any atom is 0.236 e. The van der Waals surface area contributed by atoms with Crippen LogP contribution in [0.3, 0.4) is 0 Å². The largest absolute Gasteiger partial charge is 0.459 e. The van der Waals surface area contributed by atoms with Gasteiger partial charge in [0.1, 0.15) is 17.4 Å². The third kappa shape index (κ3) is 4.12. The normalized spacial score (nSPS) is 13.0. The minimum Gasteiger partial charge on any atom is -0.459 e. The molecule has 0 saturated heterocycles. The summed E-state index contributed by atoms with van der Waals surface area (Å²) in [7, 11) is -2.07. The summed E-state index contributed by atoms with van der Waals surface area (Å²) in [6.07, 6.45) is 1.06. The number of hydrogen-bond donors (Lipinski definition) is 1. The molecule has 3 rings (SSSR count). The molecule has 0 unspecified atom stereocenters. The van der Waals surface area contributed by atoms with E-state index in [0.717, 1.165) is 27.1 Å². The summed E-state index contributed by atoms with van der Waals surface area (Å²) < 4.78 is 30.0. The van der Waals surface area contributed by atoms with Crippen molar-refractivity contribution in [3.8, 4) is 0 Å². The zero-order chi connectivity index (χ0) is 18.7. The van der Waals surface area contributed by atoms with E-state index in [4.69, 9.17) is 4.42 Å². The number of hydrogen-bond acceptors (Lipinski definition) is 4. The van der Waals surface area contributed by atoms with Crippen molar-refractivity contribution in [1.29, 1.82) is 0 Å². The van der Waals surface area contributed by atoms with Gasteiger partial charge in [0.05, 0.1) is 12.8 Å². The molecule has 0 aliphatic rings. The maximum absolute atomic E-state index is 12.4. The Balaban J connectivity index is 1.90.